The molecule has 1 aromatic carbocycles. The highest BCUT2D eigenvalue weighted by atomic mass is 19.1. The fourth-order valence-corrected chi connectivity index (χ4v) is 2.26. The number of hydrogen-bond acceptors (Lipinski definition) is 3. The van der Waals surface area contributed by atoms with Crippen molar-refractivity contribution in [3.05, 3.63) is 35.4 Å². The standard InChI is InChI=1S/C17H24F2N2O3/c1-10(2)15(23)7-8-20-16(24)9-14(21-11(3)22)17-12(18)5-4-6-13(17)19/h4-6,10,14-15,23H,7-9H2,1-3H3,(H,20,24)(H,21,22). The highest BCUT2D eigenvalue weighted by Gasteiger charge is 2.23. The summed E-state index contributed by atoms with van der Waals surface area (Å²) in [7, 11) is 0. The summed E-state index contributed by atoms with van der Waals surface area (Å²) in [4.78, 5) is 23.3. The van der Waals surface area contributed by atoms with Crippen LogP contribution in [0.5, 0.6) is 0 Å². The van der Waals surface area contributed by atoms with Gasteiger partial charge in [0.1, 0.15) is 11.6 Å². The Balaban J connectivity index is 2.73. The number of amides is 2. The van der Waals surface area contributed by atoms with Crippen LogP contribution in [-0.4, -0.2) is 29.6 Å². The van der Waals surface area contributed by atoms with Gasteiger partial charge in [-0.05, 0) is 24.5 Å². The Morgan fingerprint density at radius 1 is 1.21 bits per heavy atom. The van der Waals surface area contributed by atoms with Crippen LogP contribution in [0.25, 0.3) is 0 Å². The van der Waals surface area contributed by atoms with Crippen LogP contribution in [0.15, 0.2) is 18.2 Å². The van der Waals surface area contributed by atoms with E-state index in [9.17, 15) is 23.5 Å². The average Bonchev–Trinajstić information content (AvgIpc) is 2.45. The Bertz CT molecular complexity index is 559. The van der Waals surface area contributed by atoms with Gasteiger partial charge in [-0.3, -0.25) is 9.59 Å². The van der Waals surface area contributed by atoms with E-state index in [4.69, 9.17) is 0 Å². The van der Waals surface area contributed by atoms with E-state index < -0.39 is 35.6 Å². The number of nitrogens with one attached hydrogen (secondary N) is 2. The van der Waals surface area contributed by atoms with E-state index in [1.54, 1.807) is 0 Å². The van der Waals surface area contributed by atoms with E-state index in [0.717, 1.165) is 12.1 Å². The first-order valence-electron chi connectivity index (χ1n) is 7.88. The maximum absolute atomic E-state index is 13.9. The van der Waals surface area contributed by atoms with Crippen LogP contribution in [0, 0.1) is 17.6 Å². The third kappa shape index (κ3) is 6.23. The SMILES string of the molecule is CC(=O)NC(CC(=O)NCCC(O)C(C)C)c1c(F)cccc1F. The molecule has 134 valence electrons. The van der Waals surface area contributed by atoms with Crippen LogP contribution in [0.4, 0.5) is 8.78 Å². The number of hydrogen-bond donors (Lipinski definition) is 3. The second-order valence-corrected chi connectivity index (χ2v) is 6.04. The van der Waals surface area contributed by atoms with Crippen molar-refractivity contribution in [2.75, 3.05) is 6.54 Å². The molecule has 0 radical (unpaired) electrons. The molecular weight excluding hydrogens is 318 g/mol. The number of aliphatic hydroxyl groups excluding tert-OH is 1. The monoisotopic (exact) mass is 342 g/mol. The third-order valence-corrected chi connectivity index (χ3v) is 3.65. The molecule has 2 atom stereocenters. The molecule has 5 nitrogen and oxygen atoms in total. The van der Waals surface area contributed by atoms with Crippen LogP contribution in [-0.2, 0) is 9.59 Å². The van der Waals surface area contributed by atoms with Gasteiger partial charge in [-0.15, -0.1) is 0 Å². The molecule has 0 heterocycles. The number of aliphatic hydroxyl groups is 1. The molecule has 7 heteroatoms. The van der Waals surface area contributed by atoms with E-state index in [2.05, 4.69) is 10.6 Å². The molecule has 2 amide bonds. The van der Waals surface area contributed by atoms with Crippen LogP contribution in [0.1, 0.15) is 45.2 Å². The average molecular weight is 342 g/mol. The zero-order valence-corrected chi connectivity index (χ0v) is 14.1. The molecule has 24 heavy (non-hydrogen) atoms. The molecule has 0 aromatic heterocycles. The minimum Gasteiger partial charge on any atom is -0.393 e. The lowest BCUT2D eigenvalue weighted by molar-refractivity contribution is -0.122. The van der Waals surface area contributed by atoms with Crippen molar-refractivity contribution in [1.82, 2.24) is 10.6 Å². The molecule has 0 bridgehead atoms. The molecule has 1 aromatic rings. The van der Waals surface area contributed by atoms with E-state index in [0.29, 0.717) is 6.42 Å². The largest absolute Gasteiger partial charge is 0.393 e. The van der Waals surface area contributed by atoms with Gasteiger partial charge in [-0.2, -0.15) is 0 Å². The minimum absolute atomic E-state index is 0.0709. The van der Waals surface area contributed by atoms with E-state index >= 15 is 0 Å². The molecule has 0 aliphatic rings. The van der Waals surface area contributed by atoms with Gasteiger partial charge in [0.25, 0.3) is 0 Å². The first-order valence-corrected chi connectivity index (χ1v) is 7.88. The maximum Gasteiger partial charge on any atom is 0.222 e. The van der Waals surface area contributed by atoms with Gasteiger partial charge in [-0.25, -0.2) is 8.78 Å². The lowest BCUT2D eigenvalue weighted by Gasteiger charge is -2.20. The van der Waals surface area contributed by atoms with Crippen molar-refractivity contribution in [3.63, 3.8) is 0 Å². The van der Waals surface area contributed by atoms with Gasteiger partial charge in [0.05, 0.1) is 18.6 Å². The first kappa shape index (κ1) is 20.0. The Morgan fingerprint density at radius 2 is 1.79 bits per heavy atom. The van der Waals surface area contributed by atoms with E-state index in [-0.39, 0.29) is 24.4 Å². The molecule has 0 spiro atoms. The lowest BCUT2D eigenvalue weighted by Crippen LogP contribution is -2.35. The van der Waals surface area contributed by atoms with Gasteiger partial charge in [0, 0.05) is 19.0 Å². The van der Waals surface area contributed by atoms with Gasteiger partial charge in [0.2, 0.25) is 11.8 Å². The Kier molecular flexibility index (Phi) is 7.78. The highest BCUT2D eigenvalue weighted by molar-refractivity contribution is 5.79. The zero-order valence-electron chi connectivity index (χ0n) is 14.1. The summed E-state index contributed by atoms with van der Waals surface area (Å²) in [5, 5.41) is 14.7. The molecular formula is C17H24F2N2O3. The molecule has 2 unspecified atom stereocenters. The van der Waals surface area contributed by atoms with Crippen molar-refractivity contribution in [3.8, 4) is 0 Å². The van der Waals surface area contributed by atoms with Crippen molar-refractivity contribution < 1.29 is 23.5 Å². The Morgan fingerprint density at radius 3 is 2.29 bits per heavy atom. The van der Waals surface area contributed by atoms with Crippen molar-refractivity contribution >= 4 is 11.8 Å². The fraction of sp³-hybridized carbons (Fsp3) is 0.529. The third-order valence-electron chi connectivity index (χ3n) is 3.65. The van der Waals surface area contributed by atoms with Crippen LogP contribution >= 0.6 is 0 Å². The summed E-state index contributed by atoms with van der Waals surface area (Å²) in [5.74, 6) is -2.53. The zero-order chi connectivity index (χ0) is 18.3. The lowest BCUT2D eigenvalue weighted by atomic mass is 10.0. The predicted octanol–water partition coefficient (Wildman–Crippen LogP) is 2.06. The summed E-state index contributed by atoms with van der Waals surface area (Å²) in [6.45, 7) is 5.17. The number of benzene rings is 1. The number of carbonyl (C=O) groups excluding carboxylic acids is 2. The molecule has 0 saturated heterocycles. The molecule has 0 aliphatic carbocycles. The van der Waals surface area contributed by atoms with Crippen LogP contribution < -0.4 is 10.6 Å². The smallest absolute Gasteiger partial charge is 0.222 e. The summed E-state index contributed by atoms with van der Waals surface area (Å²) >= 11 is 0. The molecule has 0 fully saturated rings. The summed E-state index contributed by atoms with van der Waals surface area (Å²) in [6.07, 6.45) is -0.460. The topological polar surface area (TPSA) is 78.4 Å². The summed E-state index contributed by atoms with van der Waals surface area (Å²) in [5.41, 5.74) is -0.343. The van der Waals surface area contributed by atoms with Crippen molar-refractivity contribution in [2.45, 2.75) is 45.8 Å². The second kappa shape index (κ2) is 9.32. The van der Waals surface area contributed by atoms with Crippen LogP contribution in [0.2, 0.25) is 0 Å². The van der Waals surface area contributed by atoms with E-state index in [1.807, 2.05) is 13.8 Å². The van der Waals surface area contributed by atoms with Gasteiger partial charge in [0.15, 0.2) is 0 Å². The summed E-state index contributed by atoms with van der Waals surface area (Å²) in [6, 6.07) is 2.26. The van der Waals surface area contributed by atoms with Crippen molar-refractivity contribution in [2.24, 2.45) is 5.92 Å². The second-order valence-electron chi connectivity index (χ2n) is 6.04. The highest BCUT2D eigenvalue weighted by Crippen LogP contribution is 2.23. The first-order chi connectivity index (χ1) is 11.2. The molecule has 1 rings (SSSR count). The van der Waals surface area contributed by atoms with Crippen LogP contribution in [0.3, 0.4) is 0 Å². The number of rotatable bonds is 8. The predicted molar refractivity (Wildman–Crippen MR) is 86.0 cm³/mol. The van der Waals surface area contributed by atoms with E-state index in [1.165, 1.54) is 13.0 Å². The Hall–Kier alpha value is -2.02. The Labute approximate surface area is 140 Å². The number of halogens is 2. The molecule has 0 aliphatic heterocycles. The quantitative estimate of drug-likeness (QED) is 0.677. The molecule has 0 saturated carbocycles. The summed E-state index contributed by atoms with van der Waals surface area (Å²) < 4.78 is 27.8. The molecule has 3 N–H and O–H groups in total. The number of carbonyl (C=O) groups is 2. The normalized spacial score (nSPS) is 13.5. The fourth-order valence-electron chi connectivity index (χ4n) is 2.26. The van der Waals surface area contributed by atoms with Gasteiger partial charge >= 0.3 is 0 Å². The van der Waals surface area contributed by atoms with Gasteiger partial charge in [-0.1, -0.05) is 19.9 Å². The van der Waals surface area contributed by atoms with Gasteiger partial charge < -0.3 is 15.7 Å². The minimum atomic E-state index is -1.10. The van der Waals surface area contributed by atoms with Crippen molar-refractivity contribution in [1.29, 1.82) is 0 Å². The maximum atomic E-state index is 13.9.